The summed E-state index contributed by atoms with van der Waals surface area (Å²) in [5.41, 5.74) is 1.34. The summed E-state index contributed by atoms with van der Waals surface area (Å²) in [4.78, 5) is 15.1. The Bertz CT molecular complexity index is 902. The maximum Gasteiger partial charge on any atom is 0.295 e. The lowest BCUT2D eigenvalue weighted by Gasteiger charge is -2.13. The molecular weight excluding hydrogens is 337 g/mol. The number of rotatable bonds is 6. The Morgan fingerprint density at radius 3 is 2.42 bits per heavy atom. The first kappa shape index (κ1) is 17.5. The van der Waals surface area contributed by atoms with Crippen LogP contribution in [0.4, 0.5) is 15.9 Å². The van der Waals surface area contributed by atoms with Crippen LogP contribution in [0.3, 0.4) is 0 Å². The van der Waals surface area contributed by atoms with Gasteiger partial charge in [-0.25, -0.2) is 9.37 Å². The van der Waals surface area contributed by atoms with Gasteiger partial charge < -0.3 is 10.4 Å². The van der Waals surface area contributed by atoms with Gasteiger partial charge in [0.2, 0.25) is 0 Å². The Hall–Kier alpha value is -3.32. The molecule has 0 aliphatic heterocycles. The largest absolute Gasteiger partial charge is 0.387 e. The number of nitrogens with one attached hydrogen (secondary N) is 1. The third-order valence-electron chi connectivity index (χ3n) is 3.85. The van der Waals surface area contributed by atoms with Gasteiger partial charge in [-0.15, -0.1) is 0 Å². The number of hydrogen-bond acceptors (Lipinski definition) is 5. The van der Waals surface area contributed by atoms with Crippen molar-refractivity contribution >= 4 is 11.5 Å². The van der Waals surface area contributed by atoms with Crippen molar-refractivity contribution < 1.29 is 14.4 Å². The van der Waals surface area contributed by atoms with E-state index < -0.39 is 11.0 Å². The van der Waals surface area contributed by atoms with Crippen molar-refractivity contribution in [1.29, 1.82) is 0 Å². The first-order valence-electron chi connectivity index (χ1n) is 7.93. The van der Waals surface area contributed by atoms with E-state index in [9.17, 15) is 19.6 Å². The molecular formula is C19H16FN3O3. The van der Waals surface area contributed by atoms with Gasteiger partial charge in [0.25, 0.3) is 5.69 Å². The summed E-state index contributed by atoms with van der Waals surface area (Å²) in [6.07, 6.45) is -0.868. The number of hydrogen-bond donors (Lipinski definition) is 2. The number of pyridine rings is 1. The van der Waals surface area contributed by atoms with Gasteiger partial charge >= 0.3 is 0 Å². The predicted octanol–water partition coefficient (Wildman–Crippen LogP) is 3.94. The van der Waals surface area contributed by atoms with Gasteiger partial charge in [0.1, 0.15) is 11.6 Å². The van der Waals surface area contributed by atoms with Gasteiger partial charge in [0.05, 0.1) is 11.0 Å². The molecule has 3 aromatic rings. The standard InChI is InChI=1S/C19H16FN3O3/c20-15-8-6-13(7-9-15)17(24)12-21-18-11-10-16(23(25)26)19(22-18)14-4-2-1-3-5-14/h1-11,17,24H,12H2,(H,21,22). The lowest BCUT2D eigenvalue weighted by atomic mass is 10.1. The summed E-state index contributed by atoms with van der Waals surface area (Å²) < 4.78 is 12.9. The van der Waals surface area contributed by atoms with Crippen LogP contribution in [0.1, 0.15) is 11.7 Å². The minimum absolute atomic E-state index is 0.0965. The molecule has 0 bridgehead atoms. The van der Waals surface area contributed by atoms with E-state index in [-0.39, 0.29) is 23.7 Å². The molecule has 26 heavy (non-hydrogen) atoms. The van der Waals surface area contributed by atoms with Gasteiger partial charge in [-0.2, -0.15) is 0 Å². The maximum atomic E-state index is 12.9. The second-order valence-electron chi connectivity index (χ2n) is 5.64. The van der Waals surface area contributed by atoms with Crippen molar-refractivity contribution in [3.05, 3.63) is 88.2 Å². The summed E-state index contributed by atoms with van der Waals surface area (Å²) in [6, 6.07) is 17.3. The Labute approximate surface area is 149 Å². The predicted molar refractivity (Wildman–Crippen MR) is 96.2 cm³/mol. The summed E-state index contributed by atoms with van der Waals surface area (Å²) in [6.45, 7) is 0.130. The highest BCUT2D eigenvalue weighted by Gasteiger charge is 2.18. The average molecular weight is 353 g/mol. The average Bonchev–Trinajstić information content (AvgIpc) is 2.67. The number of benzene rings is 2. The molecule has 2 aromatic carbocycles. The van der Waals surface area contributed by atoms with E-state index >= 15 is 0 Å². The van der Waals surface area contributed by atoms with Crippen LogP contribution in [0.2, 0.25) is 0 Å². The molecule has 0 fully saturated rings. The lowest BCUT2D eigenvalue weighted by molar-refractivity contribution is -0.384. The van der Waals surface area contributed by atoms with Crippen LogP contribution in [0.5, 0.6) is 0 Å². The number of nitrogens with zero attached hydrogens (tertiary/aromatic N) is 2. The molecule has 0 saturated heterocycles. The molecule has 2 N–H and O–H groups in total. The third kappa shape index (κ3) is 4.01. The molecule has 0 spiro atoms. The fraction of sp³-hybridized carbons (Fsp3) is 0.105. The van der Waals surface area contributed by atoms with Crippen molar-refractivity contribution in [2.75, 3.05) is 11.9 Å². The molecule has 0 saturated carbocycles. The highest BCUT2D eigenvalue weighted by atomic mass is 19.1. The molecule has 132 valence electrons. The van der Waals surface area contributed by atoms with Crippen molar-refractivity contribution in [2.45, 2.75) is 6.10 Å². The van der Waals surface area contributed by atoms with Crippen molar-refractivity contribution in [3.8, 4) is 11.3 Å². The monoisotopic (exact) mass is 353 g/mol. The van der Waals surface area contributed by atoms with Gasteiger partial charge in [0.15, 0.2) is 5.69 Å². The van der Waals surface area contributed by atoms with E-state index in [1.807, 2.05) is 6.07 Å². The van der Waals surface area contributed by atoms with Crippen LogP contribution in [0.15, 0.2) is 66.7 Å². The molecule has 0 amide bonds. The molecule has 0 aliphatic rings. The molecule has 1 atom stereocenters. The molecule has 1 heterocycles. The van der Waals surface area contributed by atoms with E-state index in [0.29, 0.717) is 16.9 Å². The number of aliphatic hydroxyl groups excluding tert-OH is 1. The van der Waals surface area contributed by atoms with Crippen LogP contribution >= 0.6 is 0 Å². The quantitative estimate of drug-likeness (QED) is 0.518. The number of halogens is 1. The van der Waals surface area contributed by atoms with Crippen molar-refractivity contribution in [2.24, 2.45) is 0 Å². The first-order valence-corrected chi connectivity index (χ1v) is 7.93. The Morgan fingerprint density at radius 2 is 1.77 bits per heavy atom. The summed E-state index contributed by atoms with van der Waals surface area (Å²) >= 11 is 0. The number of anilines is 1. The SMILES string of the molecule is O=[N+]([O-])c1ccc(NCC(O)c2ccc(F)cc2)nc1-c1ccccc1. The molecule has 0 radical (unpaired) electrons. The van der Waals surface area contributed by atoms with Crippen LogP contribution in [0.25, 0.3) is 11.3 Å². The normalized spacial score (nSPS) is 11.8. The maximum absolute atomic E-state index is 12.9. The second-order valence-corrected chi connectivity index (χ2v) is 5.64. The number of aliphatic hydroxyl groups is 1. The molecule has 0 aliphatic carbocycles. The molecule has 7 heteroatoms. The van der Waals surface area contributed by atoms with Crippen LogP contribution in [-0.4, -0.2) is 21.6 Å². The van der Waals surface area contributed by atoms with Crippen LogP contribution in [0, 0.1) is 15.9 Å². The summed E-state index contributed by atoms with van der Waals surface area (Å²) in [5.74, 6) is 0.0223. The fourth-order valence-electron chi connectivity index (χ4n) is 2.51. The Morgan fingerprint density at radius 1 is 1.08 bits per heavy atom. The van der Waals surface area contributed by atoms with Gasteiger partial charge in [-0.1, -0.05) is 42.5 Å². The van der Waals surface area contributed by atoms with Gasteiger partial charge in [-0.05, 0) is 23.8 Å². The highest BCUT2D eigenvalue weighted by Crippen LogP contribution is 2.29. The first-order chi connectivity index (χ1) is 12.5. The summed E-state index contributed by atoms with van der Waals surface area (Å²) in [7, 11) is 0. The second kappa shape index (κ2) is 7.71. The number of aromatic nitrogens is 1. The molecule has 1 unspecified atom stereocenters. The third-order valence-corrected chi connectivity index (χ3v) is 3.85. The van der Waals surface area contributed by atoms with Gasteiger partial charge in [-0.3, -0.25) is 10.1 Å². The smallest absolute Gasteiger partial charge is 0.295 e. The van der Waals surface area contributed by atoms with Crippen molar-refractivity contribution in [3.63, 3.8) is 0 Å². The van der Waals surface area contributed by atoms with E-state index in [4.69, 9.17) is 0 Å². The van der Waals surface area contributed by atoms with E-state index in [1.54, 1.807) is 24.3 Å². The van der Waals surface area contributed by atoms with Crippen LogP contribution in [-0.2, 0) is 0 Å². The van der Waals surface area contributed by atoms with E-state index in [2.05, 4.69) is 10.3 Å². The topological polar surface area (TPSA) is 88.3 Å². The van der Waals surface area contributed by atoms with E-state index in [0.717, 1.165) is 0 Å². The Kier molecular flexibility index (Phi) is 5.19. The molecule has 3 rings (SSSR count). The molecule has 1 aromatic heterocycles. The fourth-order valence-corrected chi connectivity index (χ4v) is 2.51. The highest BCUT2D eigenvalue weighted by molar-refractivity contribution is 5.71. The van der Waals surface area contributed by atoms with Crippen LogP contribution < -0.4 is 5.32 Å². The number of nitro groups is 1. The zero-order valence-corrected chi connectivity index (χ0v) is 13.7. The zero-order chi connectivity index (χ0) is 18.5. The summed E-state index contributed by atoms with van der Waals surface area (Å²) in [5, 5.41) is 24.4. The minimum Gasteiger partial charge on any atom is -0.387 e. The molecule has 6 nitrogen and oxygen atoms in total. The van der Waals surface area contributed by atoms with E-state index in [1.165, 1.54) is 36.4 Å². The lowest BCUT2D eigenvalue weighted by Crippen LogP contribution is -2.13. The van der Waals surface area contributed by atoms with Gasteiger partial charge in [0, 0.05) is 18.2 Å². The minimum atomic E-state index is -0.868. The Balaban J connectivity index is 1.80. The van der Waals surface area contributed by atoms with Crippen molar-refractivity contribution in [1.82, 2.24) is 4.98 Å². The zero-order valence-electron chi connectivity index (χ0n) is 13.7.